The smallest absolute Gasteiger partial charge is 0.307 e. The van der Waals surface area contributed by atoms with Crippen LogP contribution in [0.1, 0.15) is 6.42 Å². The van der Waals surface area contributed by atoms with Crippen LogP contribution in [0.25, 0.3) is 0 Å². The average molecular weight is 178 g/mol. The summed E-state index contributed by atoms with van der Waals surface area (Å²) >= 11 is 1.34. The van der Waals surface area contributed by atoms with Gasteiger partial charge in [0, 0.05) is 5.75 Å². The Labute approximate surface area is 68.6 Å². The largest absolute Gasteiger partial charge is 0.481 e. The van der Waals surface area contributed by atoms with Crippen LogP contribution in [0.15, 0.2) is 0 Å². The first kappa shape index (κ1) is 10.3. The molecule has 0 fully saturated rings. The molecular weight excluding hydrogens is 168 g/mol. The fourth-order valence-corrected chi connectivity index (χ4v) is 1.29. The van der Waals surface area contributed by atoms with Crippen molar-refractivity contribution in [2.75, 3.05) is 12.0 Å². The highest BCUT2D eigenvalue weighted by atomic mass is 32.2. The summed E-state index contributed by atoms with van der Waals surface area (Å²) in [6, 6.07) is 0. The highest BCUT2D eigenvalue weighted by Crippen LogP contribution is 2.09. The minimum Gasteiger partial charge on any atom is -0.481 e. The molecule has 0 bridgehead atoms. The van der Waals surface area contributed by atoms with E-state index in [1.54, 1.807) is 6.26 Å². The van der Waals surface area contributed by atoms with E-state index in [1.165, 1.54) is 11.8 Å². The molecule has 0 aliphatic heterocycles. The number of carboxylic acids is 2. The Morgan fingerprint density at radius 2 is 2.00 bits per heavy atom. The molecule has 0 saturated carbocycles. The summed E-state index contributed by atoms with van der Waals surface area (Å²) in [5, 5.41) is 16.8. The number of carbonyl (C=O) groups is 2. The first-order valence-corrected chi connectivity index (χ1v) is 4.40. The molecule has 64 valence electrons. The molecule has 0 rings (SSSR count). The van der Waals surface area contributed by atoms with Gasteiger partial charge in [-0.15, -0.1) is 0 Å². The van der Waals surface area contributed by atoms with Gasteiger partial charge in [0.25, 0.3) is 0 Å². The van der Waals surface area contributed by atoms with Crippen molar-refractivity contribution < 1.29 is 19.8 Å². The highest BCUT2D eigenvalue weighted by Gasteiger charge is 2.19. The fraction of sp³-hybridized carbons (Fsp3) is 0.667. The molecule has 0 saturated heterocycles. The number of hydrogen-bond donors (Lipinski definition) is 2. The minimum absolute atomic E-state index is 0.295. The van der Waals surface area contributed by atoms with Gasteiger partial charge in [-0.2, -0.15) is 11.8 Å². The maximum Gasteiger partial charge on any atom is 0.307 e. The van der Waals surface area contributed by atoms with E-state index in [-0.39, 0.29) is 6.42 Å². The van der Waals surface area contributed by atoms with Gasteiger partial charge >= 0.3 is 11.9 Å². The first-order valence-electron chi connectivity index (χ1n) is 3.01. The lowest BCUT2D eigenvalue weighted by Gasteiger charge is -2.05. The summed E-state index contributed by atoms with van der Waals surface area (Å²) < 4.78 is 0. The van der Waals surface area contributed by atoms with E-state index in [0.29, 0.717) is 5.75 Å². The Kier molecular flexibility index (Phi) is 4.69. The zero-order valence-electron chi connectivity index (χ0n) is 6.11. The lowest BCUT2D eigenvalue weighted by molar-refractivity contribution is -0.147. The van der Waals surface area contributed by atoms with Gasteiger partial charge in [-0.1, -0.05) is 0 Å². The Hall–Kier alpha value is -0.710. The summed E-state index contributed by atoms with van der Waals surface area (Å²) in [7, 11) is 0. The monoisotopic (exact) mass is 178 g/mol. The summed E-state index contributed by atoms with van der Waals surface area (Å²) in [5.74, 6) is -2.52. The van der Waals surface area contributed by atoms with Crippen molar-refractivity contribution in [2.24, 2.45) is 5.92 Å². The molecule has 5 heteroatoms. The molecule has 0 radical (unpaired) electrons. The van der Waals surface area contributed by atoms with Gasteiger partial charge in [0.1, 0.15) is 0 Å². The van der Waals surface area contributed by atoms with Crippen molar-refractivity contribution in [2.45, 2.75) is 6.42 Å². The van der Waals surface area contributed by atoms with E-state index < -0.39 is 17.9 Å². The van der Waals surface area contributed by atoms with Crippen molar-refractivity contribution in [3.63, 3.8) is 0 Å². The van der Waals surface area contributed by atoms with E-state index in [0.717, 1.165) is 0 Å². The SMILES string of the molecule is CSCC(CC(=O)O)C(=O)O. The third-order valence-electron chi connectivity index (χ3n) is 1.14. The standard InChI is InChI=1S/C6H10O4S/c1-11-3-4(6(9)10)2-5(7)8/h4H,2-3H2,1H3,(H,7,8)(H,9,10). The Balaban J connectivity index is 3.89. The number of rotatable bonds is 5. The summed E-state index contributed by atoms with van der Waals surface area (Å²) in [5.41, 5.74) is 0. The van der Waals surface area contributed by atoms with Crippen LogP contribution < -0.4 is 0 Å². The predicted octanol–water partition coefficient (Wildman–Crippen LogP) is 0.525. The van der Waals surface area contributed by atoms with Gasteiger partial charge in [0.05, 0.1) is 12.3 Å². The molecule has 0 aromatic heterocycles. The van der Waals surface area contributed by atoms with E-state index in [4.69, 9.17) is 10.2 Å². The first-order chi connectivity index (χ1) is 5.07. The zero-order valence-corrected chi connectivity index (χ0v) is 6.93. The van der Waals surface area contributed by atoms with E-state index in [2.05, 4.69) is 0 Å². The molecule has 4 nitrogen and oxygen atoms in total. The molecule has 2 N–H and O–H groups in total. The molecule has 0 aliphatic carbocycles. The van der Waals surface area contributed by atoms with Crippen molar-refractivity contribution in [3.8, 4) is 0 Å². The molecule has 0 aliphatic rings. The molecule has 0 aromatic rings. The maximum absolute atomic E-state index is 10.3. The number of hydrogen-bond acceptors (Lipinski definition) is 3. The van der Waals surface area contributed by atoms with Crippen LogP contribution in [0.3, 0.4) is 0 Å². The molecule has 0 spiro atoms. The topological polar surface area (TPSA) is 74.6 Å². The van der Waals surface area contributed by atoms with Gasteiger partial charge in [0.15, 0.2) is 0 Å². The van der Waals surface area contributed by atoms with Crippen molar-refractivity contribution in [3.05, 3.63) is 0 Å². The summed E-state index contributed by atoms with van der Waals surface area (Å²) in [6.45, 7) is 0. The molecule has 0 aromatic carbocycles. The van der Waals surface area contributed by atoms with Gasteiger partial charge in [-0.25, -0.2) is 0 Å². The van der Waals surface area contributed by atoms with Gasteiger partial charge in [0.2, 0.25) is 0 Å². The maximum atomic E-state index is 10.3. The quantitative estimate of drug-likeness (QED) is 0.642. The Morgan fingerprint density at radius 1 is 1.45 bits per heavy atom. The van der Waals surface area contributed by atoms with Crippen LogP contribution >= 0.6 is 11.8 Å². The molecule has 1 atom stereocenters. The minimum atomic E-state index is -1.06. The lowest BCUT2D eigenvalue weighted by atomic mass is 10.1. The van der Waals surface area contributed by atoms with Crippen LogP contribution in [-0.2, 0) is 9.59 Å². The van der Waals surface area contributed by atoms with Gasteiger partial charge in [-0.05, 0) is 6.26 Å². The third-order valence-corrected chi connectivity index (χ3v) is 1.87. The van der Waals surface area contributed by atoms with Crippen LogP contribution in [0.2, 0.25) is 0 Å². The molecule has 0 heterocycles. The number of carboxylic acid groups (broad SMARTS) is 2. The van der Waals surface area contributed by atoms with E-state index in [9.17, 15) is 9.59 Å². The average Bonchev–Trinajstić information content (AvgIpc) is 1.86. The van der Waals surface area contributed by atoms with Crippen LogP contribution in [0, 0.1) is 5.92 Å². The second kappa shape index (κ2) is 5.01. The van der Waals surface area contributed by atoms with Crippen LogP contribution in [0.4, 0.5) is 0 Å². The van der Waals surface area contributed by atoms with Gasteiger partial charge < -0.3 is 10.2 Å². The highest BCUT2D eigenvalue weighted by molar-refractivity contribution is 7.98. The zero-order chi connectivity index (χ0) is 8.85. The number of thioether (sulfide) groups is 1. The van der Waals surface area contributed by atoms with Crippen molar-refractivity contribution in [1.29, 1.82) is 0 Å². The van der Waals surface area contributed by atoms with E-state index >= 15 is 0 Å². The summed E-state index contributed by atoms with van der Waals surface area (Å²) in [4.78, 5) is 20.5. The molecule has 11 heavy (non-hydrogen) atoms. The van der Waals surface area contributed by atoms with Crippen LogP contribution in [-0.4, -0.2) is 34.2 Å². The van der Waals surface area contributed by atoms with E-state index in [1.807, 2.05) is 0 Å². The van der Waals surface area contributed by atoms with Crippen LogP contribution in [0.5, 0.6) is 0 Å². The fourth-order valence-electron chi connectivity index (χ4n) is 0.629. The molecule has 1 unspecified atom stereocenters. The Bertz CT molecular complexity index is 157. The summed E-state index contributed by atoms with van der Waals surface area (Å²) in [6.07, 6.45) is 1.45. The predicted molar refractivity (Wildman–Crippen MR) is 41.8 cm³/mol. The normalized spacial score (nSPS) is 12.5. The lowest BCUT2D eigenvalue weighted by Crippen LogP contribution is -2.19. The third kappa shape index (κ3) is 4.66. The second-order valence-electron chi connectivity index (χ2n) is 2.09. The van der Waals surface area contributed by atoms with Crippen molar-refractivity contribution in [1.82, 2.24) is 0 Å². The van der Waals surface area contributed by atoms with Gasteiger partial charge in [-0.3, -0.25) is 9.59 Å². The molecule has 0 amide bonds. The Morgan fingerprint density at radius 3 is 2.27 bits per heavy atom. The van der Waals surface area contributed by atoms with Crippen molar-refractivity contribution >= 4 is 23.7 Å². The number of aliphatic carboxylic acids is 2. The second-order valence-corrected chi connectivity index (χ2v) is 3.00. The molecular formula is C6H10O4S.